The van der Waals surface area contributed by atoms with Crippen LogP contribution in [0.2, 0.25) is 5.02 Å². The lowest BCUT2D eigenvalue weighted by molar-refractivity contribution is -0.384. The van der Waals surface area contributed by atoms with E-state index < -0.39 is 4.92 Å². The van der Waals surface area contributed by atoms with Gasteiger partial charge in [0.15, 0.2) is 0 Å². The Kier molecular flexibility index (Phi) is 7.40. The fourth-order valence-corrected chi connectivity index (χ4v) is 1.94. The zero-order valence-electron chi connectivity index (χ0n) is 10.8. The average molecular weight is 287 g/mol. The first-order valence-electron chi connectivity index (χ1n) is 6.39. The van der Waals surface area contributed by atoms with E-state index in [1.165, 1.54) is 6.07 Å². The van der Waals surface area contributed by atoms with Crippen molar-refractivity contribution in [1.29, 1.82) is 0 Å². The summed E-state index contributed by atoms with van der Waals surface area (Å²) in [6.45, 7) is 1.71. The van der Waals surface area contributed by atoms with Crippen LogP contribution in [0.25, 0.3) is 0 Å². The second kappa shape index (κ2) is 8.85. The number of hydrogen-bond donors (Lipinski definition) is 2. The monoisotopic (exact) mass is 286 g/mol. The first-order chi connectivity index (χ1) is 9.15. The normalized spacial score (nSPS) is 10.6. The highest BCUT2D eigenvalue weighted by Crippen LogP contribution is 2.24. The summed E-state index contributed by atoms with van der Waals surface area (Å²) < 4.78 is 0. The summed E-state index contributed by atoms with van der Waals surface area (Å²) in [6, 6.07) is 4.84. The molecule has 0 saturated carbocycles. The van der Waals surface area contributed by atoms with Crippen LogP contribution in [0.3, 0.4) is 0 Å². The maximum absolute atomic E-state index is 10.7. The number of hydrogen-bond acceptors (Lipinski definition) is 4. The lowest BCUT2D eigenvalue weighted by Gasteiger charge is -2.05. The molecule has 0 aliphatic heterocycles. The number of benzene rings is 1. The topological polar surface area (TPSA) is 75.4 Å². The molecule has 1 aromatic carbocycles. The van der Waals surface area contributed by atoms with Gasteiger partial charge in [-0.3, -0.25) is 10.1 Å². The highest BCUT2D eigenvalue weighted by atomic mass is 35.5. The number of aliphatic hydroxyl groups excluding tert-OH is 1. The van der Waals surface area contributed by atoms with Crippen LogP contribution in [0.4, 0.5) is 5.69 Å². The van der Waals surface area contributed by atoms with Gasteiger partial charge in [0.2, 0.25) is 0 Å². The minimum atomic E-state index is -0.472. The fourth-order valence-electron chi connectivity index (χ4n) is 1.76. The lowest BCUT2D eigenvalue weighted by Crippen LogP contribution is -2.14. The van der Waals surface area contributed by atoms with Crippen LogP contribution < -0.4 is 5.32 Å². The molecule has 0 unspecified atom stereocenters. The molecule has 0 spiro atoms. The van der Waals surface area contributed by atoms with Crippen molar-refractivity contribution in [2.75, 3.05) is 13.2 Å². The average Bonchev–Trinajstić information content (AvgIpc) is 2.39. The second-order valence-corrected chi connectivity index (χ2v) is 4.76. The Morgan fingerprint density at radius 1 is 1.26 bits per heavy atom. The van der Waals surface area contributed by atoms with Gasteiger partial charge in [0.05, 0.1) is 4.92 Å². The van der Waals surface area contributed by atoms with Gasteiger partial charge in [-0.1, -0.05) is 30.5 Å². The molecule has 0 aliphatic carbocycles. The zero-order valence-corrected chi connectivity index (χ0v) is 11.5. The summed E-state index contributed by atoms with van der Waals surface area (Å²) in [6.07, 6.45) is 4.00. The molecule has 0 fully saturated rings. The third kappa shape index (κ3) is 6.00. The summed E-state index contributed by atoms with van der Waals surface area (Å²) in [5.41, 5.74) is 0.801. The number of nitrogens with zero attached hydrogens (tertiary/aromatic N) is 1. The van der Waals surface area contributed by atoms with Gasteiger partial charge in [0.25, 0.3) is 5.69 Å². The van der Waals surface area contributed by atoms with E-state index in [0.717, 1.165) is 37.8 Å². The van der Waals surface area contributed by atoms with Crippen molar-refractivity contribution < 1.29 is 10.0 Å². The van der Waals surface area contributed by atoms with E-state index in [1.807, 2.05) is 0 Å². The van der Waals surface area contributed by atoms with Crippen molar-refractivity contribution in [2.24, 2.45) is 0 Å². The van der Waals surface area contributed by atoms with Crippen LogP contribution in [0, 0.1) is 10.1 Å². The number of nitro benzene ring substituents is 1. The maximum Gasteiger partial charge on any atom is 0.288 e. The summed E-state index contributed by atoms with van der Waals surface area (Å²) in [5.74, 6) is 0. The first kappa shape index (κ1) is 15.9. The summed E-state index contributed by atoms with van der Waals surface area (Å²) >= 11 is 5.74. The number of rotatable bonds is 9. The van der Waals surface area contributed by atoms with E-state index in [0.29, 0.717) is 6.54 Å². The Balaban J connectivity index is 2.30. The van der Waals surface area contributed by atoms with E-state index in [2.05, 4.69) is 5.32 Å². The van der Waals surface area contributed by atoms with Crippen molar-refractivity contribution in [1.82, 2.24) is 5.32 Å². The largest absolute Gasteiger partial charge is 0.396 e. The van der Waals surface area contributed by atoms with Crippen LogP contribution >= 0.6 is 11.6 Å². The molecule has 0 radical (unpaired) electrons. The minimum absolute atomic E-state index is 0.0519. The SMILES string of the molecule is O=[N+]([O-])c1cc(CNCCCCCCO)ccc1Cl. The predicted molar refractivity (Wildman–Crippen MR) is 75.4 cm³/mol. The Bertz CT molecular complexity index is 413. The molecule has 106 valence electrons. The van der Waals surface area contributed by atoms with Gasteiger partial charge in [-0.15, -0.1) is 0 Å². The summed E-state index contributed by atoms with van der Waals surface area (Å²) in [5, 5.41) is 22.8. The van der Waals surface area contributed by atoms with Crippen molar-refractivity contribution in [2.45, 2.75) is 32.2 Å². The Hall–Kier alpha value is -1.17. The van der Waals surface area contributed by atoms with Gasteiger partial charge in [0, 0.05) is 19.2 Å². The minimum Gasteiger partial charge on any atom is -0.396 e. The molecular weight excluding hydrogens is 268 g/mol. The zero-order chi connectivity index (χ0) is 14.1. The molecule has 0 heterocycles. The molecule has 0 atom stereocenters. The highest BCUT2D eigenvalue weighted by Gasteiger charge is 2.12. The summed E-state index contributed by atoms with van der Waals surface area (Å²) in [4.78, 5) is 10.3. The van der Waals surface area contributed by atoms with Gasteiger partial charge < -0.3 is 10.4 Å². The fraction of sp³-hybridized carbons (Fsp3) is 0.538. The van der Waals surface area contributed by atoms with E-state index in [-0.39, 0.29) is 17.3 Å². The highest BCUT2D eigenvalue weighted by molar-refractivity contribution is 6.32. The molecule has 1 rings (SSSR count). The number of nitro groups is 1. The van der Waals surface area contributed by atoms with Crippen LogP contribution in [0.5, 0.6) is 0 Å². The number of aliphatic hydroxyl groups is 1. The quantitative estimate of drug-likeness (QED) is 0.416. The lowest BCUT2D eigenvalue weighted by atomic mass is 10.2. The third-order valence-electron chi connectivity index (χ3n) is 2.80. The van der Waals surface area contributed by atoms with E-state index in [4.69, 9.17) is 16.7 Å². The maximum atomic E-state index is 10.7. The molecular formula is C13H19ClN2O3. The molecule has 0 amide bonds. The van der Waals surface area contributed by atoms with Gasteiger partial charge >= 0.3 is 0 Å². The molecule has 6 heteroatoms. The standard InChI is InChI=1S/C13H19ClN2O3/c14-12-6-5-11(9-13(12)16(18)19)10-15-7-3-1-2-4-8-17/h5-6,9,15,17H,1-4,7-8,10H2. The number of nitrogens with one attached hydrogen (secondary N) is 1. The molecule has 0 aliphatic rings. The predicted octanol–water partition coefficient (Wildman–Crippen LogP) is 2.89. The Labute approximate surface area is 117 Å². The van der Waals surface area contributed by atoms with Crippen molar-refractivity contribution in [3.63, 3.8) is 0 Å². The third-order valence-corrected chi connectivity index (χ3v) is 3.12. The second-order valence-electron chi connectivity index (χ2n) is 4.36. The van der Waals surface area contributed by atoms with Crippen molar-refractivity contribution >= 4 is 17.3 Å². The smallest absolute Gasteiger partial charge is 0.288 e. The van der Waals surface area contributed by atoms with Crippen LogP contribution in [-0.2, 0) is 6.54 Å². The molecule has 0 aromatic heterocycles. The van der Waals surface area contributed by atoms with E-state index in [9.17, 15) is 10.1 Å². The van der Waals surface area contributed by atoms with Gasteiger partial charge in [-0.25, -0.2) is 0 Å². The van der Waals surface area contributed by atoms with Gasteiger partial charge in [-0.05, 0) is 31.0 Å². The molecule has 19 heavy (non-hydrogen) atoms. The van der Waals surface area contributed by atoms with Crippen LogP contribution in [-0.4, -0.2) is 23.2 Å². The van der Waals surface area contributed by atoms with Crippen molar-refractivity contribution in [3.05, 3.63) is 38.9 Å². The molecule has 2 N–H and O–H groups in total. The number of halogens is 1. The molecule has 5 nitrogen and oxygen atoms in total. The molecule has 0 bridgehead atoms. The first-order valence-corrected chi connectivity index (χ1v) is 6.77. The van der Waals surface area contributed by atoms with Crippen molar-refractivity contribution in [3.8, 4) is 0 Å². The van der Waals surface area contributed by atoms with E-state index >= 15 is 0 Å². The van der Waals surface area contributed by atoms with Crippen LogP contribution in [0.1, 0.15) is 31.2 Å². The van der Waals surface area contributed by atoms with Crippen LogP contribution in [0.15, 0.2) is 18.2 Å². The Morgan fingerprint density at radius 3 is 2.68 bits per heavy atom. The Morgan fingerprint density at radius 2 is 2.00 bits per heavy atom. The van der Waals surface area contributed by atoms with Gasteiger partial charge in [0.1, 0.15) is 5.02 Å². The van der Waals surface area contributed by atoms with Gasteiger partial charge in [-0.2, -0.15) is 0 Å². The molecule has 1 aromatic rings. The van der Waals surface area contributed by atoms with E-state index in [1.54, 1.807) is 12.1 Å². The molecule has 0 saturated heterocycles. The number of unbranched alkanes of at least 4 members (excludes halogenated alkanes) is 3. The summed E-state index contributed by atoms with van der Waals surface area (Å²) in [7, 11) is 0.